The summed E-state index contributed by atoms with van der Waals surface area (Å²) >= 11 is 0. The van der Waals surface area contributed by atoms with Crippen LogP contribution in [0.15, 0.2) is 35.4 Å². The van der Waals surface area contributed by atoms with Crippen LogP contribution in [-0.4, -0.2) is 0 Å². The Bertz CT molecular complexity index is 395. The van der Waals surface area contributed by atoms with Crippen LogP contribution in [0.1, 0.15) is 38.2 Å². The quantitative estimate of drug-likeness (QED) is 0.399. The zero-order valence-corrected chi connectivity index (χ0v) is 9.63. The summed E-state index contributed by atoms with van der Waals surface area (Å²) in [6.45, 7) is 2.24. The molecule has 84 valence electrons. The molecular weight excluding hydrogens is 198 g/mol. The maximum atomic E-state index is 8.79. The minimum absolute atomic E-state index is 0.298. The van der Waals surface area contributed by atoms with Gasteiger partial charge >= 0.3 is 0 Å². The first kappa shape index (κ1) is 11.0. The molecule has 1 aromatic rings. The van der Waals surface area contributed by atoms with E-state index in [4.69, 9.17) is 5.53 Å². The van der Waals surface area contributed by atoms with Gasteiger partial charge in [-0.2, -0.15) is 0 Å². The number of rotatable bonds is 2. The van der Waals surface area contributed by atoms with Crippen molar-refractivity contribution in [3.63, 3.8) is 0 Å². The van der Waals surface area contributed by atoms with Gasteiger partial charge in [-0.15, -0.1) is 0 Å². The molecule has 16 heavy (non-hydrogen) atoms. The molecule has 2 rings (SSSR count). The molecule has 0 saturated heterocycles. The highest BCUT2D eigenvalue weighted by atomic mass is 15.2. The molecule has 1 aromatic carbocycles. The van der Waals surface area contributed by atoms with Gasteiger partial charge in [0.25, 0.3) is 0 Å². The van der Waals surface area contributed by atoms with Crippen molar-refractivity contribution in [3.8, 4) is 0 Å². The SMILES string of the molecule is CC1CCCC(N=[N+]=[N-])(c2ccccc2)C1. The van der Waals surface area contributed by atoms with Crippen molar-refractivity contribution in [2.75, 3.05) is 0 Å². The molecule has 0 heterocycles. The van der Waals surface area contributed by atoms with Crippen molar-refractivity contribution >= 4 is 0 Å². The topological polar surface area (TPSA) is 48.8 Å². The van der Waals surface area contributed by atoms with E-state index in [-0.39, 0.29) is 5.54 Å². The molecule has 0 radical (unpaired) electrons. The molecule has 0 amide bonds. The van der Waals surface area contributed by atoms with E-state index >= 15 is 0 Å². The van der Waals surface area contributed by atoms with Gasteiger partial charge in [0.15, 0.2) is 0 Å². The fraction of sp³-hybridized carbons (Fsp3) is 0.538. The molecule has 1 aliphatic rings. The maximum Gasteiger partial charge on any atom is 0.0740 e. The number of benzene rings is 1. The number of hydrogen-bond donors (Lipinski definition) is 0. The van der Waals surface area contributed by atoms with Crippen LogP contribution in [0.5, 0.6) is 0 Å². The molecule has 0 aliphatic heterocycles. The lowest BCUT2D eigenvalue weighted by atomic mass is 9.73. The molecule has 0 spiro atoms. The molecule has 1 saturated carbocycles. The van der Waals surface area contributed by atoms with Crippen molar-refractivity contribution in [3.05, 3.63) is 46.3 Å². The lowest BCUT2D eigenvalue weighted by Crippen LogP contribution is -2.29. The zero-order valence-electron chi connectivity index (χ0n) is 9.63. The van der Waals surface area contributed by atoms with Gasteiger partial charge in [-0.3, -0.25) is 0 Å². The van der Waals surface area contributed by atoms with Crippen LogP contribution in [0, 0.1) is 5.92 Å². The van der Waals surface area contributed by atoms with Gasteiger partial charge in [-0.1, -0.05) is 55.2 Å². The number of azide groups is 1. The minimum Gasteiger partial charge on any atom is -0.0825 e. The van der Waals surface area contributed by atoms with Crippen molar-refractivity contribution in [2.24, 2.45) is 11.0 Å². The van der Waals surface area contributed by atoms with Crippen LogP contribution < -0.4 is 0 Å². The predicted octanol–water partition coefficient (Wildman–Crippen LogP) is 4.40. The van der Waals surface area contributed by atoms with Crippen LogP contribution in [0.25, 0.3) is 10.4 Å². The minimum atomic E-state index is -0.298. The number of hydrogen-bond acceptors (Lipinski definition) is 1. The molecule has 0 N–H and O–H groups in total. The van der Waals surface area contributed by atoms with Crippen molar-refractivity contribution < 1.29 is 0 Å². The van der Waals surface area contributed by atoms with E-state index in [2.05, 4.69) is 29.1 Å². The summed E-state index contributed by atoms with van der Waals surface area (Å²) in [5.41, 5.74) is 9.66. The molecular formula is C13H17N3. The fourth-order valence-electron chi connectivity index (χ4n) is 2.77. The molecule has 1 aliphatic carbocycles. The van der Waals surface area contributed by atoms with Gasteiger partial charge in [-0.05, 0) is 29.9 Å². The highest BCUT2D eigenvalue weighted by Crippen LogP contribution is 2.43. The zero-order chi connectivity index (χ0) is 11.4. The molecule has 0 bridgehead atoms. The molecule has 2 unspecified atom stereocenters. The standard InChI is InChI=1S/C13H17N3/c1-11-6-5-9-13(10-11,15-16-14)12-7-3-2-4-8-12/h2-4,7-8,11H,5-6,9-10H2,1H3. The Morgan fingerprint density at radius 1 is 1.38 bits per heavy atom. The Morgan fingerprint density at radius 3 is 2.75 bits per heavy atom. The predicted molar refractivity (Wildman–Crippen MR) is 64.9 cm³/mol. The second-order valence-corrected chi connectivity index (χ2v) is 4.79. The Morgan fingerprint density at radius 2 is 2.12 bits per heavy atom. The third-order valence-corrected chi connectivity index (χ3v) is 3.52. The summed E-state index contributed by atoms with van der Waals surface area (Å²) in [5, 5.41) is 4.12. The molecule has 1 fully saturated rings. The Kier molecular flexibility index (Phi) is 3.16. The summed E-state index contributed by atoms with van der Waals surface area (Å²) in [4.78, 5) is 3.07. The molecule has 3 heteroatoms. The smallest absolute Gasteiger partial charge is 0.0740 e. The van der Waals surface area contributed by atoms with Crippen molar-refractivity contribution in [2.45, 2.75) is 38.1 Å². The molecule has 3 nitrogen and oxygen atoms in total. The second-order valence-electron chi connectivity index (χ2n) is 4.79. The summed E-state index contributed by atoms with van der Waals surface area (Å²) in [6.07, 6.45) is 4.34. The average Bonchev–Trinajstić information content (AvgIpc) is 2.31. The van der Waals surface area contributed by atoms with Crippen LogP contribution in [-0.2, 0) is 5.54 Å². The van der Waals surface area contributed by atoms with Crippen molar-refractivity contribution in [1.82, 2.24) is 0 Å². The highest BCUT2D eigenvalue weighted by Gasteiger charge is 2.35. The summed E-state index contributed by atoms with van der Waals surface area (Å²) < 4.78 is 0. The average molecular weight is 215 g/mol. The highest BCUT2D eigenvalue weighted by molar-refractivity contribution is 5.25. The first-order valence-electron chi connectivity index (χ1n) is 5.89. The van der Waals surface area contributed by atoms with Gasteiger partial charge in [0.05, 0.1) is 5.54 Å². The summed E-state index contributed by atoms with van der Waals surface area (Å²) in [5.74, 6) is 0.638. The first-order chi connectivity index (χ1) is 7.77. The summed E-state index contributed by atoms with van der Waals surface area (Å²) in [7, 11) is 0. The largest absolute Gasteiger partial charge is 0.0825 e. The lowest BCUT2D eigenvalue weighted by molar-refractivity contribution is 0.239. The van der Waals surface area contributed by atoms with E-state index in [1.54, 1.807) is 0 Å². The van der Waals surface area contributed by atoms with Crippen LogP contribution >= 0.6 is 0 Å². The second kappa shape index (κ2) is 4.58. The van der Waals surface area contributed by atoms with E-state index < -0.39 is 0 Å². The Hall–Kier alpha value is -1.47. The summed E-state index contributed by atoms with van der Waals surface area (Å²) in [6, 6.07) is 10.2. The monoisotopic (exact) mass is 215 g/mol. The van der Waals surface area contributed by atoms with Crippen molar-refractivity contribution in [1.29, 1.82) is 0 Å². The van der Waals surface area contributed by atoms with Gasteiger partial charge < -0.3 is 0 Å². The maximum absolute atomic E-state index is 8.79. The van der Waals surface area contributed by atoms with Gasteiger partial charge in [0.1, 0.15) is 0 Å². The van der Waals surface area contributed by atoms with E-state index in [9.17, 15) is 0 Å². The van der Waals surface area contributed by atoms with E-state index in [1.165, 1.54) is 12.0 Å². The van der Waals surface area contributed by atoms with Crippen LogP contribution in [0.2, 0.25) is 0 Å². The van der Waals surface area contributed by atoms with Gasteiger partial charge in [0.2, 0.25) is 0 Å². The molecule has 0 aromatic heterocycles. The van der Waals surface area contributed by atoms with E-state index in [1.807, 2.05) is 18.2 Å². The van der Waals surface area contributed by atoms with Crippen LogP contribution in [0.4, 0.5) is 0 Å². The first-order valence-corrected chi connectivity index (χ1v) is 5.89. The van der Waals surface area contributed by atoms with Gasteiger partial charge in [0, 0.05) is 4.91 Å². The Labute approximate surface area is 96.1 Å². The number of nitrogens with zero attached hydrogens (tertiary/aromatic N) is 3. The third-order valence-electron chi connectivity index (χ3n) is 3.52. The fourth-order valence-corrected chi connectivity index (χ4v) is 2.77. The normalized spacial score (nSPS) is 29.4. The Balaban J connectivity index is 2.39. The molecule has 2 atom stereocenters. The lowest BCUT2D eigenvalue weighted by Gasteiger charge is -2.36. The van der Waals surface area contributed by atoms with Gasteiger partial charge in [-0.25, -0.2) is 0 Å². The van der Waals surface area contributed by atoms with E-state index in [0.717, 1.165) is 19.3 Å². The van der Waals surface area contributed by atoms with Crippen LogP contribution in [0.3, 0.4) is 0 Å². The van der Waals surface area contributed by atoms with E-state index in [0.29, 0.717) is 5.92 Å². The third kappa shape index (κ3) is 2.05.